The highest BCUT2D eigenvalue weighted by atomic mass is 16.4. The molecule has 4 heteroatoms. The van der Waals surface area contributed by atoms with Crippen LogP contribution < -0.4 is 5.32 Å². The maximum absolute atomic E-state index is 11.1. The second-order valence-corrected chi connectivity index (χ2v) is 4.63. The highest BCUT2D eigenvalue weighted by molar-refractivity contribution is 5.78. The molecule has 0 heterocycles. The molecule has 0 radical (unpaired) electrons. The lowest BCUT2D eigenvalue weighted by molar-refractivity contribution is -0.144. The van der Waals surface area contributed by atoms with E-state index in [4.69, 9.17) is 5.11 Å². The van der Waals surface area contributed by atoms with Crippen molar-refractivity contribution in [1.82, 2.24) is 10.2 Å². The van der Waals surface area contributed by atoms with Crippen molar-refractivity contribution in [3.05, 3.63) is 0 Å². The minimum atomic E-state index is -0.780. The second kappa shape index (κ2) is 4.94. The van der Waals surface area contributed by atoms with E-state index in [1.165, 1.54) is 12.8 Å². The summed E-state index contributed by atoms with van der Waals surface area (Å²) in [6.45, 7) is 5.24. The summed E-state index contributed by atoms with van der Waals surface area (Å²) in [4.78, 5) is 13.4. The third kappa shape index (κ3) is 3.47. The highest BCUT2D eigenvalue weighted by Gasteiger charge is 2.34. The molecular formula is C11H22N2O2. The number of aliphatic carboxylic acids is 1. The van der Waals surface area contributed by atoms with Gasteiger partial charge in [0.25, 0.3) is 0 Å². The van der Waals surface area contributed by atoms with E-state index in [1.54, 1.807) is 6.92 Å². The Morgan fingerprint density at radius 3 is 2.60 bits per heavy atom. The number of likely N-dealkylation sites (N-methyl/N-ethyl adjacent to an activating group) is 1. The van der Waals surface area contributed by atoms with Crippen LogP contribution in [0.1, 0.15) is 33.1 Å². The molecule has 0 saturated heterocycles. The second-order valence-electron chi connectivity index (χ2n) is 4.63. The Kier molecular flexibility index (Phi) is 4.11. The quantitative estimate of drug-likeness (QED) is 0.662. The normalized spacial score (nSPS) is 20.3. The summed E-state index contributed by atoms with van der Waals surface area (Å²) in [5, 5.41) is 12.2. The summed E-state index contributed by atoms with van der Waals surface area (Å²) in [6, 6.07) is 0.699. The molecule has 0 aromatic carbocycles. The first-order chi connectivity index (χ1) is 6.99. The summed E-state index contributed by atoms with van der Waals surface area (Å²) >= 11 is 0. The van der Waals surface area contributed by atoms with E-state index < -0.39 is 11.5 Å². The number of hydrogen-bond donors (Lipinski definition) is 2. The molecule has 1 fully saturated rings. The monoisotopic (exact) mass is 214 g/mol. The molecule has 0 amide bonds. The van der Waals surface area contributed by atoms with Crippen LogP contribution in [0.4, 0.5) is 0 Å². The van der Waals surface area contributed by atoms with Gasteiger partial charge in [-0.05, 0) is 39.8 Å². The van der Waals surface area contributed by atoms with Gasteiger partial charge >= 0.3 is 5.97 Å². The van der Waals surface area contributed by atoms with Gasteiger partial charge in [-0.1, -0.05) is 6.92 Å². The van der Waals surface area contributed by atoms with Crippen molar-refractivity contribution in [2.24, 2.45) is 0 Å². The molecule has 1 atom stereocenters. The average Bonchev–Trinajstić information content (AvgIpc) is 2.97. The topological polar surface area (TPSA) is 52.6 Å². The lowest BCUT2D eigenvalue weighted by Crippen LogP contribution is -2.51. The van der Waals surface area contributed by atoms with Crippen LogP contribution in [0.15, 0.2) is 0 Å². The Hall–Kier alpha value is -0.610. The Morgan fingerprint density at radius 2 is 2.20 bits per heavy atom. The molecule has 0 aromatic rings. The fourth-order valence-corrected chi connectivity index (χ4v) is 1.76. The van der Waals surface area contributed by atoms with Gasteiger partial charge in [-0.2, -0.15) is 0 Å². The van der Waals surface area contributed by atoms with Crippen LogP contribution in [0.25, 0.3) is 0 Å². The Morgan fingerprint density at radius 1 is 1.60 bits per heavy atom. The van der Waals surface area contributed by atoms with E-state index in [-0.39, 0.29) is 0 Å². The van der Waals surface area contributed by atoms with E-state index in [2.05, 4.69) is 17.3 Å². The third-order valence-electron chi connectivity index (χ3n) is 3.17. The van der Waals surface area contributed by atoms with E-state index in [1.807, 2.05) is 6.92 Å². The molecule has 1 saturated carbocycles. The van der Waals surface area contributed by atoms with Crippen LogP contribution in [-0.4, -0.2) is 47.7 Å². The minimum absolute atomic E-state index is 0.656. The van der Waals surface area contributed by atoms with Gasteiger partial charge < -0.3 is 15.3 Å². The lowest BCUT2D eigenvalue weighted by Gasteiger charge is -2.28. The Labute approximate surface area is 91.6 Å². The molecule has 1 rings (SSSR count). The van der Waals surface area contributed by atoms with Gasteiger partial charge in [0.15, 0.2) is 0 Å². The number of carboxylic acids is 1. The van der Waals surface area contributed by atoms with Crippen molar-refractivity contribution in [2.45, 2.75) is 44.7 Å². The number of hydrogen-bond acceptors (Lipinski definition) is 3. The highest BCUT2D eigenvalue weighted by Crippen LogP contribution is 2.26. The van der Waals surface area contributed by atoms with E-state index >= 15 is 0 Å². The summed E-state index contributed by atoms with van der Waals surface area (Å²) in [5.74, 6) is -0.756. The van der Waals surface area contributed by atoms with E-state index in [9.17, 15) is 4.79 Å². The maximum Gasteiger partial charge on any atom is 0.323 e. The molecule has 0 aromatic heterocycles. The molecule has 1 unspecified atom stereocenters. The van der Waals surface area contributed by atoms with Crippen molar-refractivity contribution in [1.29, 1.82) is 0 Å². The van der Waals surface area contributed by atoms with Gasteiger partial charge in [0.05, 0.1) is 0 Å². The van der Waals surface area contributed by atoms with Crippen LogP contribution in [0.3, 0.4) is 0 Å². The predicted octanol–water partition coefficient (Wildman–Crippen LogP) is 0.923. The van der Waals surface area contributed by atoms with Crippen molar-refractivity contribution in [2.75, 3.05) is 20.1 Å². The Bertz CT molecular complexity index is 229. The molecule has 1 aliphatic rings. The lowest BCUT2D eigenvalue weighted by atomic mass is 9.97. The average molecular weight is 214 g/mol. The zero-order valence-corrected chi connectivity index (χ0v) is 9.92. The predicted molar refractivity (Wildman–Crippen MR) is 60.0 cm³/mol. The molecule has 0 spiro atoms. The van der Waals surface area contributed by atoms with E-state index in [0.717, 1.165) is 6.54 Å². The smallest absolute Gasteiger partial charge is 0.323 e. The SMILES string of the molecule is CCNC(C)(CCN(C)C1CC1)C(=O)O. The van der Waals surface area contributed by atoms with Gasteiger partial charge in [0.1, 0.15) is 5.54 Å². The largest absolute Gasteiger partial charge is 0.480 e. The fraction of sp³-hybridized carbons (Fsp3) is 0.909. The van der Waals surface area contributed by atoms with Crippen molar-refractivity contribution < 1.29 is 9.90 Å². The molecule has 88 valence electrons. The third-order valence-corrected chi connectivity index (χ3v) is 3.17. The molecule has 2 N–H and O–H groups in total. The van der Waals surface area contributed by atoms with Crippen LogP contribution in [0.5, 0.6) is 0 Å². The summed E-state index contributed by atoms with van der Waals surface area (Å²) < 4.78 is 0. The van der Waals surface area contributed by atoms with Crippen LogP contribution in [-0.2, 0) is 4.79 Å². The Balaban J connectivity index is 2.39. The summed E-state index contributed by atoms with van der Waals surface area (Å²) in [7, 11) is 2.08. The van der Waals surface area contributed by atoms with Gasteiger partial charge in [-0.3, -0.25) is 4.79 Å². The number of carboxylic acid groups (broad SMARTS) is 1. The summed E-state index contributed by atoms with van der Waals surface area (Å²) in [6.07, 6.45) is 3.19. The number of nitrogens with zero attached hydrogens (tertiary/aromatic N) is 1. The first-order valence-electron chi connectivity index (χ1n) is 5.68. The minimum Gasteiger partial charge on any atom is -0.480 e. The van der Waals surface area contributed by atoms with Crippen molar-refractivity contribution in [3.63, 3.8) is 0 Å². The number of carbonyl (C=O) groups is 1. The molecule has 1 aliphatic carbocycles. The molecule has 0 bridgehead atoms. The number of nitrogens with one attached hydrogen (secondary N) is 1. The van der Waals surface area contributed by atoms with Crippen LogP contribution in [0, 0.1) is 0 Å². The molecule has 0 aliphatic heterocycles. The van der Waals surface area contributed by atoms with Gasteiger partial charge in [-0.15, -0.1) is 0 Å². The fourth-order valence-electron chi connectivity index (χ4n) is 1.76. The van der Waals surface area contributed by atoms with Crippen molar-refractivity contribution in [3.8, 4) is 0 Å². The van der Waals surface area contributed by atoms with Gasteiger partial charge in [-0.25, -0.2) is 0 Å². The summed E-state index contributed by atoms with van der Waals surface area (Å²) in [5.41, 5.74) is -0.780. The van der Waals surface area contributed by atoms with E-state index in [0.29, 0.717) is 19.0 Å². The molecular weight excluding hydrogens is 192 g/mol. The van der Waals surface area contributed by atoms with Crippen molar-refractivity contribution >= 4 is 5.97 Å². The standard InChI is InChI=1S/C11H22N2O2/c1-4-12-11(2,10(14)15)7-8-13(3)9-5-6-9/h9,12H,4-8H2,1-3H3,(H,14,15). The first kappa shape index (κ1) is 12.5. The zero-order chi connectivity index (χ0) is 11.5. The zero-order valence-electron chi connectivity index (χ0n) is 9.92. The van der Waals surface area contributed by atoms with Crippen LogP contribution in [0.2, 0.25) is 0 Å². The van der Waals surface area contributed by atoms with Crippen LogP contribution >= 0.6 is 0 Å². The van der Waals surface area contributed by atoms with Gasteiger partial charge in [0, 0.05) is 12.6 Å². The first-order valence-corrected chi connectivity index (χ1v) is 5.68. The maximum atomic E-state index is 11.1. The number of rotatable bonds is 7. The molecule has 15 heavy (non-hydrogen) atoms. The van der Waals surface area contributed by atoms with Gasteiger partial charge in [0.2, 0.25) is 0 Å². The molecule has 4 nitrogen and oxygen atoms in total.